The average molecular weight is 463 g/mol. The van der Waals surface area contributed by atoms with E-state index >= 15 is 0 Å². The highest BCUT2D eigenvalue weighted by Gasteiger charge is 2.25. The van der Waals surface area contributed by atoms with Crippen molar-refractivity contribution >= 4 is 28.7 Å². The first-order valence-corrected chi connectivity index (χ1v) is 12.0. The molecule has 6 rings (SSSR count). The van der Waals surface area contributed by atoms with E-state index in [1.807, 2.05) is 67.6 Å². The molecule has 0 spiro atoms. The largest absolute Gasteiger partial charge is 0.493 e. The monoisotopic (exact) mass is 462 g/mol. The Morgan fingerprint density at radius 2 is 1.46 bits per heavy atom. The van der Waals surface area contributed by atoms with Crippen LogP contribution in [0.2, 0.25) is 0 Å². The van der Waals surface area contributed by atoms with Crippen LogP contribution < -0.4 is 10.5 Å². The van der Waals surface area contributed by atoms with Gasteiger partial charge in [-0.05, 0) is 62.2 Å². The number of aliphatic imine (C=N–C) groups is 1. The van der Waals surface area contributed by atoms with E-state index in [0.29, 0.717) is 11.4 Å². The zero-order chi connectivity index (χ0) is 23.9. The zero-order valence-electron chi connectivity index (χ0n) is 19.6. The van der Waals surface area contributed by atoms with E-state index in [1.54, 1.807) is 10.8 Å². The molecule has 0 radical (unpaired) electrons. The molecule has 0 atom stereocenters. The standard InChI is InChI=1S/C29H26N4O2/c1-20-25(24-15-14-23(18-27(24)30-20)31-16-8-9-17-31)19-26-28(34)32(21-10-4-2-5-11-21)33(29(26)35)22-12-6-3-7-13-22/h2-7,10-15,18-19,34H,8-9,16-17H2,1H3. The molecule has 3 aromatic carbocycles. The van der Waals surface area contributed by atoms with E-state index in [9.17, 15) is 9.90 Å². The van der Waals surface area contributed by atoms with Crippen molar-refractivity contribution in [3.8, 4) is 17.3 Å². The molecule has 2 aliphatic rings. The topological polar surface area (TPSA) is 62.8 Å². The summed E-state index contributed by atoms with van der Waals surface area (Å²) in [6, 6.07) is 25.1. The Kier molecular flexibility index (Phi) is 5.14. The Morgan fingerprint density at radius 1 is 0.829 bits per heavy atom. The second-order valence-electron chi connectivity index (χ2n) is 8.99. The number of allylic oxidation sites excluding steroid dienone is 1. The maximum absolute atomic E-state index is 13.7. The average Bonchev–Trinajstić information content (AvgIpc) is 3.59. The highest BCUT2D eigenvalue weighted by atomic mass is 16.3. The molecule has 35 heavy (non-hydrogen) atoms. The number of fused-ring (bicyclic) bond motifs is 1. The van der Waals surface area contributed by atoms with E-state index in [-0.39, 0.29) is 17.0 Å². The number of nitrogens with zero attached hydrogens (tertiary/aromatic N) is 4. The number of benzene rings is 3. The number of hydrogen-bond acceptors (Lipinski definition) is 4. The molecule has 1 N–H and O–H groups in total. The van der Waals surface area contributed by atoms with Gasteiger partial charge < -0.3 is 10.0 Å². The van der Waals surface area contributed by atoms with Crippen molar-refractivity contribution in [2.45, 2.75) is 19.8 Å². The summed E-state index contributed by atoms with van der Waals surface area (Å²) >= 11 is 0. The SMILES string of the molecule is CC1=Nc2cc(N3CCCC3)ccc2C1=Cc1c(O)n(-c2ccccc2)n(-c2ccccc2)c1=O. The second kappa shape index (κ2) is 8.47. The molecule has 1 saturated heterocycles. The third-order valence-electron chi connectivity index (χ3n) is 6.78. The molecule has 2 aliphatic heterocycles. The van der Waals surface area contributed by atoms with E-state index < -0.39 is 0 Å². The van der Waals surface area contributed by atoms with Gasteiger partial charge in [0, 0.05) is 35.6 Å². The molecule has 4 aromatic rings. The van der Waals surface area contributed by atoms with Crippen LogP contribution >= 0.6 is 0 Å². The Bertz CT molecular complexity index is 1520. The number of hydrogen-bond donors (Lipinski definition) is 1. The second-order valence-corrected chi connectivity index (χ2v) is 8.99. The predicted molar refractivity (Wildman–Crippen MR) is 142 cm³/mol. The van der Waals surface area contributed by atoms with Crippen molar-refractivity contribution in [2.75, 3.05) is 18.0 Å². The lowest BCUT2D eigenvalue weighted by Crippen LogP contribution is -2.21. The summed E-state index contributed by atoms with van der Waals surface area (Å²) in [7, 11) is 0. The first-order chi connectivity index (χ1) is 17.1. The third-order valence-corrected chi connectivity index (χ3v) is 6.78. The molecule has 6 nitrogen and oxygen atoms in total. The fourth-order valence-electron chi connectivity index (χ4n) is 5.02. The highest BCUT2D eigenvalue weighted by molar-refractivity contribution is 6.31. The number of para-hydroxylation sites is 2. The summed E-state index contributed by atoms with van der Waals surface area (Å²) in [5.41, 5.74) is 6.06. The van der Waals surface area contributed by atoms with Crippen LogP contribution in [0.3, 0.4) is 0 Å². The molecule has 0 bridgehead atoms. The highest BCUT2D eigenvalue weighted by Crippen LogP contribution is 2.39. The molecule has 0 saturated carbocycles. The molecule has 1 fully saturated rings. The summed E-state index contributed by atoms with van der Waals surface area (Å²) < 4.78 is 3.07. The maximum atomic E-state index is 13.7. The van der Waals surface area contributed by atoms with Gasteiger partial charge in [0.1, 0.15) is 5.56 Å². The minimum atomic E-state index is -0.292. The van der Waals surface area contributed by atoms with Crippen LogP contribution in [0.15, 0.2) is 88.6 Å². The third kappa shape index (κ3) is 3.58. The smallest absolute Gasteiger partial charge is 0.283 e. The van der Waals surface area contributed by atoms with E-state index in [0.717, 1.165) is 35.6 Å². The Morgan fingerprint density at radius 3 is 2.11 bits per heavy atom. The lowest BCUT2D eigenvalue weighted by molar-refractivity contribution is 0.424. The Labute approximate surface area is 203 Å². The number of anilines is 1. The van der Waals surface area contributed by atoms with Crippen molar-refractivity contribution in [3.63, 3.8) is 0 Å². The van der Waals surface area contributed by atoms with E-state index in [2.05, 4.69) is 23.1 Å². The van der Waals surface area contributed by atoms with Crippen LogP contribution in [-0.2, 0) is 0 Å². The molecule has 6 heteroatoms. The van der Waals surface area contributed by atoms with Crippen LogP contribution in [-0.4, -0.2) is 33.3 Å². The molecule has 0 amide bonds. The molecular formula is C29H26N4O2. The van der Waals surface area contributed by atoms with Crippen LogP contribution in [0, 0.1) is 0 Å². The van der Waals surface area contributed by atoms with Gasteiger partial charge in [-0.3, -0.25) is 9.79 Å². The first kappa shape index (κ1) is 21.2. The maximum Gasteiger partial charge on any atom is 0.283 e. The minimum absolute atomic E-state index is 0.104. The zero-order valence-corrected chi connectivity index (χ0v) is 19.6. The lowest BCUT2D eigenvalue weighted by Gasteiger charge is -2.18. The van der Waals surface area contributed by atoms with Gasteiger partial charge in [0.05, 0.1) is 17.1 Å². The first-order valence-electron chi connectivity index (χ1n) is 12.0. The van der Waals surface area contributed by atoms with Crippen LogP contribution in [0.5, 0.6) is 5.88 Å². The van der Waals surface area contributed by atoms with Gasteiger partial charge in [-0.15, -0.1) is 0 Å². The van der Waals surface area contributed by atoms with Gasteiger partial charge in [0.2, 0.25) is 5.88 Å². The fraction of sp³-hybridized carbons (Fsp3) is 0.172. The van der Waals surface area contributed by atoms with Gasteiger partial charge in [0.25, 0.3) is 5.56 Å². The van der Waals surface area contributed by atoms with Gasteiger partial charge >= 0.3 is 0 Å². The molecule has 3 heterocycles. The van der Waals surface area contributed by atoms with Crippen molar-refractivity contribution in [1.82, 2.24) is 9.36 Å². The Balaban J connectivity index is 1.51. The van der Waals surface area contributed by atoms with Gasteiger partial charge in [0.15, 0.2) is 0 Å². The van der Waals surface area contributed by atoms with E-state index in [4.69, 9.17) is 4.99 Å². The quantitative estimate of drug-likeness (QED) is 0.431. The van der Waals surface area contributed by atoms with Gasteiger partial charge in [-0.25, -0.2) is 9.36 Å². The molecule has 0 aliphatic carbocycles. The molecule has 1 aromatic heterocycles. The van der Waals surface area contributed by atoms with Gasteiger partial charge in [-0.2, -0.15) is 0 Å². The summed E-state index contributed by atoms with van der Waals surface area (Å²) in [6.45, 7) is 4.09. The lowest BCUT2D eigenvalue weighted by atomic mass is 10.0. The summed E-state index contributed by atoms with van der Waals surface area (Å²) in [4.78, 5) is 20.9. The minimum Gasteiger partial charge on any atom is -0.493 e. The van der Waals surface area contributed by atoms with Crippen molar-refractivity contribution in [1.29, 1.82) is 0 Å². The van der Waals surface area contributed by atoms with Crippen LogP contribution in [0.4, 0.5) is 11.4 Å². The Hall–Kier alpha value is -4.32. The van der Waals surface area contributed by atoms with Crippen molar-refractivity contribution in [3.05, 3.63) is 100 Å². The van der Waals surface area contributed by atoms with Crippen LogP contribution in [0.1, 0.15) is 30.9 Å². The number of aromatic hydroxyl groups is 1. The van der Waals surface area contributed by atoms with E-state index in [1.165, 1.54) is 23.2 Å². The molecular weight excluding hydrogens is 436 g/mol. The summed E-state index contributed by atoms with van der Waals surface area (Å²) in [5.74, 6) is -0.104. The van der Waals surface area contributed by atoms with Gasteiger partial charge in [-0.1, -0.05) is 42.5 Å². The predicted octanol–water partition coefficient (Wildman–Crippen LogP) is 5.58. The molecule has 174 valence electrons. The van der Waals surface area contributed by atoms with Crippen LogP contribution in [0.25, 0.3) is 23.0 Å². The van der Waals surface area contributed by atoms with Crippen molar-refractivity contribution in [2.24, 2.45) is 4.99 Å². The van der Waals surface area contributed by atoms with Crippen molar-refractivity contribution < 1.29 is 5.11 Å². The normalized spacial score (nSPS) is 16.1. The fourth-order valence-corrected chi connectivity index (χ4v) is 5.02. The summed E-state index contributed by atoms with van der Waals surface area (Å²) in [6.07, 6.45) is 4.21. The molecule has 0 unspecified atom stereocenters. The number of aromatic nitrogens is 2. The number of rotatable bonds is 4. The summed E-state index contributed by atoms with van der Waals surface area (Å²) in [5, 5.41) is 11.3.